The number of carbonyl (C=O) groups excluding carboxylic acids is 1. The van der Waals surface area contributed by atoms with Crippen molar-refractivity contribution in [3.8, 4) is 0 Å². The van der Waals surface area contributed by atoms with Gasteiger partial charge in [-0.1, -0.05) is 43.0 Å². The SMILES string of the molecule is C=CC(=O)Nc1ccc(Nc2ncnc(NCc3ccc4c(cnn4Cc4ccccc4)c3)n2)cc1. The Labute approximate surface area is 207 Å². The van der Waals surface area contributed by atoms with Gasteiger partial charge in [0, 0.05) is 23.3 Å². The summed E-state index contributed by atoms with van der Waals surface area (Å²) in [7, 11) is 0. The van der Waals surface area contributed by atoms with Gasteiger partial charge >= 0.3 is 0 Å². The van der Waals surface area contributed by atoms with Gasteiger partial charge in [-0.25, -0.2) is 9.97 Å². The summed E-state index contributed by atoms with van der Waals surface area (Å²) in [4.78, 5) is 24.2. The molecule has 5 rings (SSSR count). The van der Waals surface area contributed by atoms with E-state index in [1.54, 1.807) is 12.1 Å². The van der Waals surface area contributed by atoms with Crippen molar-refractivity contribution in [3.63, 3.8) is 0 Å². The van der Waals surface area contributed by atoms with Crippen LogP contribution >= 0.6 is 0 Å². The van der Waals surface area contributed by atoms with Gasteiger partial charge in [0.15, 0.2) is 0 Å². The molecule has 0 unspecified atom stereocenters. The average Bonchev–Trinajstić information content (AvgIpc) is 3.31. The van der Waals surface area contributed by atoms with Crippen LogP contribution in [0, 0.1) is 0 Å². The van der Waals surface area contributed by atoms with Crippen LogP contribution in [0.3, 0.4) is 0 Å². The molecule has 9 nitrogen and oxygen atoms in total. The van der Waals surface area contributed by atoms with Crippen molar-refractivity contribution in [2.75, 3.05) is 16.0 Å². The molecule has 178 valence electrons. The predicted molar refractivity (Wildman–Crippen MR) is 141 cm³/mol. The topological polar surface area (TPSA) is 110 Å². The zero-order valence-electron chi connectivity index (χ0n) is 19.4. The zero-order valence-corrected chi connectivity index (χ0v) is 19.4. The summed E-state index contributed by atoms with van der Waals surface area (Å²) >= 11 is 0. The molecule has 36 heavy (non-hydrogen) atoms. The van der Waals surface area contributed by atoms with Crippen LogP contribution < -0.4 is 16.0 Å². The maximum Gasteiger partial charge on any atom is 0.247 e. The van der Waals surface area contributed by atoms with Crippen LogP contribution in [0.5, 0.6) is 0 Å². The molecule has 2 aromatic heterocycles. The number of fused-ring (bicyclic) bond motifs is 1. The molecule has 3 N–H and O–H groups in total. The van der Waals surface area contributed by atoms with Crippen LogP contribution in [0.25, 0.3) is 10.9 Å². The summed E-state index contributed by atoms with van der Waals surface area (Å²) in [6.45, 7) is 4.73. The van der Waals surface area contributed by atoms with Gasteiger partial charge in [-0.3, -0.25) is 9.48 Å². The Morgan fingerprint density at radius 2 is 1.69 bits per heavy atom. The number of amides is 1. The molecule has 0 fully saturated rings. The van der Waals surface area contributed by atoms with Crippen molar-refractivity contribution in [2.45, 2.75) is 13.1 Å². The van der Waals surface area contributed by atoms with Crippen molar-refractivity contribution >= 4 is 40.1 Å². The highest BCUT2D eigenvalue weighted by atomic mass is 16.1. The quantitative estimate of drug-likeness (QED) is 0.263. The maximum absolute atomic E-state index is 11.4. The van der Waals surface area contributed by atoms with E-state index in [0.717, 1.165) is 28.7 Å². The fourth-order valence-corrected chi connectivity index (χ4v) is 3.71. The third-order valence-corrected chi connectivity index (χ3v) is 5.50. The first-order valence-corrected chi connectivity index (χ1v) is 11.4. The molecule has 0 aliphatic rings. The summed E-state index contributed by atoms with van der Waals surface area (Å²) < 4.78 is 2.01. The lowest BCUT2D eigenvalue weighted by Gasteiger charge is -2.09. The molecule has 0 bridgehead atoms. The molecule has 0 radical (unpaired) electrons. The van der Waals surface area contributed by atoms with Crippen LogP contribution in [-0.2, 0) is 17.9 Å². The van der Waals surface area contributed by atoms with E-state index in [9.17, 15) is 4.79 Å². The van der Waals surface area contributed by atoms with Gasteiger partial charge in [0.05, 0.1) is 18.3 Å². The van der Waals surface area contributed by atoms with Crippen LogP contribution in [0.2, 0.25) is 0 Å². The Hall–Kier alpha value is -5.05. The minimum atomic E-state index is -0.260. The summed E-state index contributed by atoms with van der Waals surface area (Å²) in [5.41, 5.74) is 4.84. The second-order valence-electron chi connectivity index (χ2n) is 8.06. The molecule has 1 amide bonds. The van der Waals surface area contributed by atoms with Crippen molar-refractivity contribution in [1.82, 2.24) is 24.7 Å². The lowest BCUT2D eigenvalue weighted by molar-refractivity contribution is -0.111. The predicted octanol–water partition coefficient (Wildman–Crippen LogP) is 4.75. The van der Waals surface area contributed by atoms with Gasteiger partial charge < -0.3 is 16.0 Å². The molecule has 0 saturated carbocycles. The standard InChI is InChI=1S/C27H24N8O/c1-2-25(36)32-22-9-11-23(12-10-22)33-27-30-18-29-26(34-27)28-15-20-8-13-24-21(14-20)16-31-35(24)17-19-6-4-3-5-7-19/h2-14,16,18H,1,15,17H2,(H,32,36)(H2,28,29,30,33,34). The van der Waals surface area contributed by atoms with E-state index in [-0.39, 0.29) is 5.91 Å². The number of hydrogen-bond acceptors (Lipinski definition) is 7. The molecule has 0 aliphatic carbocycles. The largest absolute Gasteiger partial charge is 0.350 e. The number of carbonyl (C=O) groups is 1. The van der Waals surface area contributed by atoms with Crippen LogP contribution in [0.4, 0.5) is 23.3 Å². The van der Waals surface area contributed by atoms with Gasteiger partial charge in [0.1, 0.15) is 6.33 Å². The van der Waals surface area contributed by atoms with Crippen molar-refractivity contribution in [2.24, 2.45) is 0 Å². The summed E-state index contributed by atoms with van der Waals surface area (Å²) in [6.07, 6.45) is 4.57. The van der Waals surface area contributed by atoms with Crippen LogP contribution in [0.1, 0.15) is 11.1 Å². The first-order chi connectivity index (χ1) is 17.7. The molecule has 0 saturated heterocycles. The third-order valence-electron chi connectivity index (χ3n) is 5.50. The first kappa shape index (κ1) is 22.7. The van der Waals surface area contributed by atoms with E-state index in [0.29, 0.717) is 24.1 Å². The highest BCUT2D eigenvalue weighted by molar-refractivity contribution is 5.98. The van der Waals surface area contributed by atoms with Crippen molar-refractivity contribution < 1.29 is 4.79 Å². The second kappa shape index (κ2) is 10.5. The monoisotopic (exact) mass is 476 g/mol. The van der Waals surface area contributed by atoms with E-state index >= 15 is 0 Å². The average molecular weight is 477 g/mol. The van der Waals surface area contributed by atoms with Gasteiger partial charge in [-0.15, -0.1) is 0 Å². The molecule has 9 heteroatoms. The Balaban J connectivity index is 1.21. The Kier molecular flexibility index (Phi) is 6.61. The smallest absolute Gasteiger partial charge is 0.247 e. The van der Waals surface area contributed by atoms with E-state index in [1.807, 2.05) is 41.2 Å². The number of nitrogens with one attached hydrogen (secondary N) is 3. The summed E-state index contributed by atoms with van der Waals surface area (Å²) in [5.74, 6) is 0.610. The Morgan fingerprint density at radius 1 is 0.917 bits per heavy atom. The van der Waals surface area contributed by atoms with Crippen molar-refractivity contribution in [3.05, 3.63) is 109 Å². The highest BCUT2D eigenvalue weighted by Gasteiger charge is 2.07. The normalized spacial score (nSPS) is 10.7. The molecule has 0 aliphatic heterocycles. The number of rotatable bonds is 9. The molecule has 0 atom stereocenters. The van der Waals surface area contributed by atoms with E-state index < -0.39 is 0 Å². The van der Waals surface area contributed by atoms with Gasteiger partial charge in [-0.2, -0.15) is 10.1 Å². The Morgan fingerprint density at radius 3 is 2.50 bits per heavy atom. The number of benzene rings is 3. The fourth-order valence-electron chi connectivity index (χ4n) is 3.71. The van der Waals surface area contributed by atoms with Gasteiger partial charge in [0.25, 0.3) is 0 Å². The van der Waals surface area contributed by atoms with Crippen LogP contribution in [0.15, 0.2) is 98.0 Å². The fraction of sp³-hybridized carbons (Fsp3) is 0.0741. The third kappa shape index (κ3) is 5.53. The first-order valence-electron chi connectivity index (χ1n) is 11.4. The van der Waals surface area contributed by atoms with E-state index in [2.05, 4.69) is 72.9 Å². The van der Waals surface area contributed by atoms with Gasteiger partial charge in [-0.05, 0) is 53.6 Å². The lowest BCUT2D eigenvalue weighted by Crippen LogP contribution is -2.07. The Bertz CT molecular complexity index is 1500. The maximum atomic E-state index is 11.4. The van der Waals surface area contributed by atoms with Gasteiger partial charge in [0.2, 0.25) is 17.8 Å². The second-order valence-corrected chi connectivity index (χ2v) is 8.06. The lowest BCUT2D eigenvalue weighted by atomic mass is 10.1. The number of nitrogens with zero attached hydrogens (tertiary/aromatic N) is 5. The number of aromatic nitrogens is 5. The molecule has 3 aromatic carbocycles. The molecular weight excluding hydrogens is 452 g/mol. The van der Waals surface area contributed by atoms with E-state index in [4.69, 9.17) is 0 Å². The minimum absolute atomic E-state index is 0.260. The van der Waals surface area contributed by atoms with Crippen LogP contribution in [-0.4, -0.2) is 30.6 Å². The summed E-state index contributed by atoms with van der Waals surface area (Å²) in [6, 6.07) is 23.8. The highest BCUT2D eigenvalue weighted by Crippen LogP contribution is 2.19. The van der Waals surface area contributed by atoms with Crippen molar-refractivity contribution in [1.29, 1.82) is 0 Å². The zero-order chi connectivity index (χ0) is 24.7. The minimum Gasteiger partial charge on any atom is -0.350 e. The molecular formula is C27H24N8O. The molecule has 5 aromatic rings. The molecule has 0 spiro atoms. The number of anilines is 4. The summed E-state index contributed by atoms with van der Waals surface area (Å²) in [5, 5.41) is 14.7. The van der Waals surface area contributed by atoms with E-state index in [1.165, 1.54) is 18.0 Å². The molecule has 2 heterocycles. The number of hydrogen-bond donors (Lipinski definition) is 3.